The van der Waals surface area contributed by atoms with E-state index in [0.29, 0.717) is 13.0 Å². The van der Waals surface area contributed by atoms with E-state index in [1.165, 1.54) is 0 Å². The molecule has 0 radical (unpaired) electrons. The number of carbonyl (C=O) groups is 2. The normalized spacial score (nSPS) is 19.6. The third kappa shape index (κ3) is 5.50. The molecule has 0 saturated carbocycles. The number of carbonyl (C=O) groups excluding carboxylic acids is 2. The van der Waals surface area contributed by atoms with Crippen LogP contribution in [0.25, 0.3) is 0 Å². The molecule has 0 bridgehead atoms. The molecular formula is C8H16N4O4S. The van der Waals surface area contributed by atoms with Gasteiger partial charge in [-0.3, -0.25) is 4.79 Å². The average molecular weight is 264 g/mol. The second-order valence-electron chi connectivity index (χ2n) is 3.72. The lowest BCUT2D eigenvalue weighted by Gasteiger charge is -2.09. The number of amides is 3. The Balaban J connectivity index is 2.10. The van der Waals surface area contributed by atoms with E-state index in [4.69, 9.17) is 0 Å². The van der Waals surface area contributed by atoms with Gasteiger partial charge in [-0.15, -0.1) is 0 Å². The molecule has 0 aliphatic carbocycles. The number of nitrogens with one attached hydrogen (secondary N) is 4. The molecule has 0 aromatic heterocycles. The van der Waals surface area contributed by atoms with E-state index in [0.717, 1.165) is 6.26 Å². The Morgan fingerprint density at radius 1 is 1.47 bits per heavy atom. The molecule has 1 aliphatic rings. The molecule has 0 unspecified atom stereocenters. The van der Waals surface area contributed by atoms with E-state index in [2.05, 4.69) is 20.7 Å². The first-order chi connectivity index (χ1) is 7.88. The number of sulfonamides is 1. The van der Waals surface area contributed by atoms with Crippen molar-refractivity contribution in [1.82, 2.24) is 20.7 Å². The van der Waals surface area contributed by atoms with Crippen LogP contribution in [0.3, 0.4) is 0 Å². The van der Waals surface area contributed by atoms with E-state index in [9.17, 15) is 18.0 Å². The molecule has 17 heavy (non-hydrogen) atoms. The van der Waals surface area contributed by atoms with Gasteiger partial charge in [0.1, 0.15) is 6.04 Å². The molecule has 1 heterocycles. The fourth-order valence-electron chi connectivity index (χ4n) is 1.29. The van der Waals surface area contributed by atoms with Crippen LogP contribution in [0.15, 0.2) is 0 Å². The van der Waals surface area contributed by atoms with Crippen molar-refractivity contribution in [3.63, 3.8) is 0 Å². The highest BCUT2D eigenvalue weighted by Crippen LogP contribution is 1.90. The van der Waals surface area contributed by atoms with E-state index in [-0.39, 0.29) is 25.0 Å². The van der Waals surface area contributed by atoms with Gasteiger partial charge in [0, 0.05) is 19.6 Å². The lowest BCUT2D eigenvalue weighted by Crippen LogP contribution is -2.43. The van der Waals surface area contributed by atoms with E-state index in [1.54, 1.807) is 0 Å². The number of rotatable bonds is 6. The molecule has 1 aliphatic heterocycles. The van der Waals surface area contributed by atoms with E-state index < -0.39 is 16.1 Å². The molecule has 1 rings (SSSR count). The average Bonchev–Trinajstić information content (AvgIpc) is 2.62. The SMILES string of the molecule is CS(=O)(=O)NCCCNC(=O)[C@H]1CNC(=O)N1. The Labute approximate surface area is 99.6 Å². The second kappa shape index (κ2) is 5.82. The maximum Gasteiger partial charge on any atom is 0.315 e. The lowest BCUT2D eigenvalue weighted by atomic mass is 10.3. The Hall–Kier alpha value is -1.35. The molecule has 4 N–H and O–H groups in total. The number of hydrogen-bond acceptors (Lipinski definition) is 4. The largest absolute Gasteiger partial charge is 0.354 e. The van der Waals surface area contributed by atoms with Crippen molar-refractivity contribution in [1.29, 1.82) is 0 Å². The van der Waals surface area contributed by atoms with Crippen LogP contribution in [-0.2, 0) is 14.8 Å². The Morgan fingerprint density at radius 3 is 2.71 bits per heavy atom. The summed E-state index contributed by atoms with van der Waals surface area (Å²) in [5, 5.41) is 7.52. The fraction of sp³-hybridized carbons (Fsp3) is 0.750. The Bertz CT molecular complexity index is 394. The number of hydrogen-bond donors (Lipinski definition) is 4. The smallest absolute Gasteiger partial charge is 0.315 e. The zero-order valence-corrected chi connectivity index (χ0v) is 10.3. The highest BCUT2D eigenvalue weighted by atomic mass is 32.2. The minimum Gasteiger partial charge on any atom is -0.354 e. The highest BCUT2D eigenvalue weighted by molar-refractivity contribution is 7.88. The summed E-state index contributed by atoms with van der Waals surface area (Å²) in [5.74, 6) is -0.275. The molecule has 8 nitrogen and oxygen atoms in total. The molecule has 9 heteroatoms. The van der Waals surface area contributed by atoms with Crippen LogP contribution in [0.2, 0.25) is 0 Å². The van der Waals surface area contributed by atoms with Gasteiger partial charge in [-0.2, -0.15) is 0 Å². The van der Waals surface area contributed by atoms with Crippen LogP contribution < -0.4 is 20.7 Å². The monoisotopic (exact) mass is 264 g/mol. The van der Waals surface area contributed by atoms with Gasteiger partial charge in [0.15, 0.2) is 0 Å². The topological polar surface area (TPSA) is 116 Å². The van der Waals surface area contributed by atoms with Crippen LogP contribution in [0.1, 0.15) is 6.42 Å². The third-order valence-electron chi connectivity index (χ3n) is 2.11. The maximum absolute atomic E-state index is 11.4. The molecule has 1 atom stereocenters. The highest BCUT2D eigenvalue weighted by Gasteiger charge is 2.25. The second-order valence-corrected chi connectivity index (χ2v) is 5.55. The molecule has 1 fully saturated rings. The van der Waals surface area contributed by atoms with Gasteiger partial charge in [-0.05, 0) is 6.42 Å². The summed E-state index contributed by atoms with van der Waals surface area (Å²) >= 11 is 0. The van der Waals surface area contributed by atoms with Crippen LogP contribution in [-0.4, -0.2) is 52.3 Å². The summed E-state index contributed by atoms with van der Waals surface area (Å²) in [6.07, 6.45) is 1.57. The van der Waals surface area contributed by atoms with Gasteiger partial charge in [-0.25, -0.2) is 17.9 Å². The van der Waals surface area contributed by atoms with Crippen molar-refractivity contribution in [2.45, 2.75) is 12.5 Å². The van der Waals surface area contributed by atoms with Gasteiger partial charge < -0.3 is 16.0 Å². The van der Waals surface area contributed by atoms with Crippen molar-refractivity contribution in [2.24, 2.45) is 0 Å². The zero-order valence-electron chi connectivity index (χ0n) is 9.45. The van der Waals surface area contributed by atoms with Crippen LogP contribution in [0.4, 0.5) is 4.79 Å². The first-order valence-corrected chi connectivity index (χ1v) is 7.04. The molecule has 98 valence electrons. The molecule has 0 aromatic rings. The minimum atomic E-state index is -3.18. The number of urea groups is 1. The molecular weight excluding hydrogens is 248 g/mol. The lowest BCUT2D eigenvalue weighted by molar-refractivity contribution is -0.122. The van der Waals surface area contributed by atoms with Crippen molar-refractivity contribution >= 4 is 22.0 Å². The summed E-state index contributed by atoms with van der Waals surface area (Å²) in [6, 6.07) is -0.908. The Morgan fingerprint density at radius 2 is 2.18 bits per heavy atom. The van der Waals surface area contributed by atoms with Gasteiger partial charge >= 0.3 is 6.03 Å². The zero-order chi connectivity index (χ0) is 12.9. The standard InChI is InChI=1S/C8H16N4O4S/c1-17(15,16)11-4-2-3-9-7(13)6-5-10-8(14)12-6/h6,11H,2-5H2,1H3,(H,9,13)(H2,10,12,14)/t6-/m1/s1. The van der Waals surface area contributed by atoms with Crippen LogP contribution in [0.5, 0.6) is 0 Å². The van der Waals surface area contributed by atoms with Crippen molar-refractivity contribution in [2.75, 3.05) is 25.9 Å². The van der Waals surface area contributed by atoms with Gasteiger partial charge in [-0.1, -0.05) is 0 Å². The van der Waals surface area contributed by atoms with E-state index >= 15 is 0 Å². The molecule has 3 amide bonds. The van der Waals surface area contributed by atoms with Gasteiger partial charge in [0.05, 0.1) is 6.26 Å². The predicted molar refractivity (Wildman–Crippen MR) is 60.8 cm³/mol. The van der Waals surface area contributed by atoms with Crippen molar-refractivity contribution in [3.8, 4) is 0 Å². The summed E-state index contributed by atoms with van der Waals surface area (Å²) in [6.45, 7) is 0.897. The van der Waals surface area contributed by atoms with Crippen molar-refractivity contribution < 1.29 is 18.0 Å². The Kier molecular flexibility index (Phi) is 4.70. The van der Waals surface area contributed by atoms with Gasteiger partial charge in [0.2, 0.25) is 15.9 Å². The minimum absolute atomic E-state index is 0.270. The molecule has 0 spiro atoms. The van der Waals surface area contributed by atoms with Crippen molar-refractivity contribution in [3.05, 3.63) is 0 Å². The quantitative estimate of drug-likeness (QED) is 0.404. The molecule has 0 aromatic carbocycles. The van der Waals surface area contributed by atoms with Crippen LogP contribution >= 0.6 is 0 Å². The third-order valence-corrected chi connectivity index (χ3v) is 2.83. The first-order valence-electron chi connectivity index (χ1n) is 5.15. The predicted octanol–water partition coefficient (Wildman–Crippen LogP) is -2.28. The fourth-order valence-corrected chi connectivity index (χ4v) is 1.81. The van der Waals surface area contributed by atoms with E-state index in [1.807, 2.05) is 0 Å². The summed E-state index contributed by atoms with van der Waals surface area (Å²) in [5.41, 5.74) is 0. The first kappa shape index (κ1) is 13.7. The summed E-state index contributed by atoms with van der Waals surface area (Å²) in [4.78, 5) is 22.2. The maximum atomic E-state index is 11.4. The van der Waals surface area contributed by atoms with Gasteiger partial charge in [0.25, 0.3) is 0 Å². The van der Waals surface area contributed by atoms with Crippen LogP contribution in [0, 0.1) is 0 Å². The molecule has 1 saturated heterocycles. The summed E-state index contributed by atoms with van der Waals surface area (Å²) in [7, 11) is -3.18. The summed E-state index contributed by atoms with van der Waals surface area (Å²) < 4.78 is 23.7.